The zero-order valence-electron chi connectivity index (χ0n) is 18.1. The van der Waals surface area contributed by atoms with Gasteiger partial charge in [0, 0.05) is 44.1 Å². The van der Waals surface area contributed by atoms with Gasteiger partial charge in [0.05, 0.1) is 24.1 Å². The van der Waals surface area contributed by atoms with Crippen LogP contribution in [-0.2, 0) is 6.54 Å². The highest BCUT2D eigenvalue weighted by Crippen LogP contribution is 2.35. The molecule has 0 atom stereocenters. The molecule has 31 heavy (non-hydrogen) atoms. The van der Waals surface area contributed by atoms with Gasteiger partial charge in [-0.3, -0.25) is 4.90 Å². The summed E-state index contributed by atoms with van der Waals surface area (Å²) in [6, 6.07) is 5.80. The summed E-state index contributed by atoms with van der Waals surface area (Å²) < 4.78 is 5.25. The number of nitrogens with one attached hydrogen (secondary N) is 1. The van der Waals surface area contributed by atoms with Gasteiger partial charge < -0.3 is 20.1 Å². The van der Waals surface area contributed by atoms with E-state index in [0.29, 0.717) is 23.9 Å². The lowest BCUT2D eigenvalue weighted by Crippen LogP contribution is -2.47. The topological polar surface area (TPSA) is 73.8 Å². The van der Waals surface area contributed by atoms with E-state index in [9.17, 15) is 5.11 Å². The van der Waals surface area contributed by atoms with Gasteiger partial charge in [-0.05, 0) is 37.1 Å². The van der Waals surface area contributed by atoms with Gasteiger partial charge >= 0.3 is 0 Å². The summed E-state index contributed by atoms with van der Waals surface area (Å²) in [5, 5.41) is 14.4. The number of benzene rings is 1. The Kier molecular flexibility index (Phi) is 6.81. The molecule has 7 nitrogen and oxygen atoms in total. The smallest absolute Gasteiger partial charge is 0.228 e. The van der Waals surface area contributed by atoms with E-state index in [0.717, 1.165) is 53.7 Å². The number of thiophene rings is 1. The SMILES string of the molecule is COc1ccc(CNc2nc(N3CCN(CCO)CC3)nc3sc(C)c(C)c23)cc1Cl. The number of fused-ring (bicyclic) bond motifs is 1. The number of β-amino-alcohol motifs (C(OH)–C–C–N with tert-alkyl or cyclic N) is 1. The van der Waals surface area contributed by atoms with E-state index in [-0.39, 0.29) is 6.61 Å². The minimum absolute atomic E-state index is 0.194. The van der Waals surface area contributed by atoms with Crippen molar-refractivity contribution in [1.82, 2.24) is 14.9 Å². The standard InChI is InChI=1S/C22H28ClN5O2S/c1-14-15(2)31-21-19(14)20(24-13-16-4-5-18(30-3)17(23)12-16)25-22(26-21)28-8-6-27(7-9-28)10-11-29/h4-5,12,29H,6-11,13H2,1-3H3,(H,24,25,26). The predicted octanol–water partition coefficient (Wildman–Crippen LogP) is 3.70. The van der Waals surface area contributed by atoms with E-state index in [1.807, 2.05) is 18.2 Å². The van der Waals surface area contributed by atoms with E-state index < -0.39 is 0 Å². The van der Waals surface area contributed by atoms with Crippen molar-refractivity contribution in [2.75, 3.05) is 56.7 Å². The number of aryl methyl sites for hydroxylation is 2. The van der Waals surface area contributed by atoms with Crippen LogP contribution in [0, 0.1) is 13.8 Å². The number of anilines is 2. The van der Waals surface area contributed by atoms with Gasteiger partial charge in [0.15, 0.2) is 0 Å². The van der Waals surface area contributed by atoms with Gasteiger partial charge in [-0.15, -0.1) is 11.3 Å². The first-order valence-corrected chi connectivity index (χ1v) is 11.6. The van der Waals surface area contributed by atoms with Gasteiger partial charge in [0.2, 0.25) is 5.95 Å². The molecule has 1 fully saturated rings. The normalized spacial score (nSPS) is 14.9. The average molecular weight is 462 g/mol. The van der Waals surface area contributed by atoms with Crippen molar-refractivity contribution >= 4 is 44.9 Å². The van der Waals surface area contributed by atoms with Crippen molar-refractivity contribution in [3.63, 3.8) is 0 Å². The van der Waals surface area contributed by atoms with Crippen molar-refractivity contribution in [3.05, 3.63) is 39.2 Å². The highest BCUT2D eigenvalue weighted by Gasteiger charge is 2.22. The maximum Gasteiger partial charge on any atom is 0.228 e. The van der Waals surface area contributed by atoms with E-state index in [2.05, 4.69) is 29.0 Å². The molecule has 1 aliphatic heterocycles. The van der Waals surface area contributed by atoms with Gasteiger partial charge in [0.1, 0.15) is 16.4 Å². The fraction of sp³-hybridized carbons (Fsp3) is 0.455. The van der Waals surface area contributed by atoms with Gasteiger partial charge in [-0.1, -0.05) is 17.7 Å². The van der Waals surface area contributed by atoms with Crippen molar-refractivity contribution in [3.8, 4) is 5.75 Å². The molecule has 2 N–H and O–H groups in total. The molecule has 1 saturated heterocycles. The van der Waals surface area contributed by atoms with Crippen LogP contribution in [0.4, 0.5) is 11.8 Å². The third-order valence-corrected chi connectivity index (χ3v) is 7.16. The molecule has 1 aromatic carbocycles. The average Bonchev–Trinajstić information content (AvgIpc) is 3.06. The molecule has 0 bridgehead atoms. The first-order chi connectivity index (χ1) is 15.0. The Bertz CT molecular complexity index is 1070. The van der Waals surface area contributed by atoms with Crippen LogP contribution in [0.1, 0.15) is 16.0 Å². The minimum Gasteiger partial charge on any atom is -0.495 e. The van der Waals surface area contributed by atoms with Crippen LogP contribution >= 0.6 is 22.9 Å². The molecule has 0 unspecified atom stereocenters. The molecule has 1 aliphatic rings. The van der Waals surface area contributed by atoms with Crippen LogP contribution in [0.25, 0.3) is 10.2 Å². The molecule has 166 valence electrons. The fourth-order valence-corrected chi connectivity index (χ4v) is 5.13. The summed E-state index contributed by atoms with van der Waals surface area (Å²) in [5.74, 6) is 2.28. The molecule has 0 amide bonds. The quantitative estimate of drug-likeness (QED) is 0.555. The number of ether oxygens (including phenoxy) is 1. The molecular formula is C22H28ClN5O2S. The molecule has 0 spiro atoms. The maximum absolute atomic E-state index is 9.18. The van der Waals surface area contributed by atoms with E-state index in [1.54, 1.807) is 18.4 Å². The zero-order chi connectivity index (χ0) is 22.0. The van der Waals surface area contributed by atoms with Crippen molar-refractivity contribution < 1.29 is 9.84 Å². The molecule has 2 aromatic heterocycles. The van der Waals surface area contributed by atoms with E-state index in [1.165, 1.54) is 10.4 Å². The van der Waals surface area contributed by atoms with E-state index >= 15 is 0 Å². The Hall–Kier alpha value is -2.13. The Morgan fingerprint density at radius 1 is 1.19 bits per heavy atom. The molecule has 9 heteroatoms. The summed E-state index contributed by atoms with van der Waals surface area (Å²) in [6.07, 6.45) is 0. The summed E-state index contributed by atoms with van der Waals surface area (Å²) in [4.78, 5) is 16.6. The van der Waals surface area contributed by atoms with E-state index in [4.69, 9.17) is 26.3 Å². The van der Waals surface area contributed by atoms with Crippen molar-refractivity contribution in [2.24, 2.45) is 0 Å². The first-order valence-electron chi connectivity index (χ1n) is 10.4. The van der Waals surface area contributed by atoms with Gasteiger partial charge in [-0.2, -0.15) is 4.98 Å². The number of aliphatic hydroxyl groups is 1. The Balaban J connectivity index is 1.60. The van der Waals surface area contributed by atoms with Crippen LogP contribution in [-0.4, -0.2) is 66.4 Å². The van der Waals surface area contributed by atoms with Crippen LogP contribution < -0.4 is 15.0 Å². The summed E-state index contributed by atoms with van der Waals surface area (Å²) >= 11 is 8.00. The zero-order valence-corrected chi connectivity index (χ0v) is 19.7. The number of aliphatic hydroxyl groups excluding tert-OH is 1. The second kappa shape index (κ2) is 9.56. The highest BCUT2D eigenvalue weighted by atomic mass is 35.5. The van der Waals surface area contributed by atoms with Crippen LogP contribution in [0.15, 0.2) is 18.2 Å². The second-order valence-electron chi connectivity index (χ2n) is 7.71. The van der Waals surface area contributed by atoms with Gasteiger partial charge in [0.25, 0.3) is 0 Å². The number of aromatic nitrogens is 2. The highest BCUT2D eigenvalue weighted by molar-refractivity contribution is 7.18. The summed E-state index contributed by atoms with van der Waals surface area (Å²) in [6.45, 7) is 9.27. The molecule has 3 heterocycles. The molecular weight excluding hydrogens is 434 g/mol. The molecule has 0 saturated carbocycles. The molecule has 0 aliphatic carbocycles. The summed E-state index contributed by atoms with van der Waals surface area (Å²) in [7, 11) is 1.61. The second-order valence-corrected chi connectivity index (χ2v) is 9.32. The Morgan fingerprint density at radius 3 is 2.65 bits per heavy atom. The van der Waals surface area contributed by atoms with Crippen molar-refractivity contribution in [2.45, 2.75) is 20.4 Å². The molecule has 0 radical (unpaired) electrons. The van der Waals surface area contributed by atoms with Crippen LogP contribution in [0.5, 0.6) is 5.75 Å². The fourth-order valence-electron chi connectivity index (χ4n) is 3.83. The molecule has 4 rings (SSSR count). The lowest BCUT2D eigenvalue weighted by atomic mass is 10.2. The number of nitrogens with zero attached hydrogens (tertiary/aromatic N) is 4. The van der Waals surface area contributed by atoms with Gasteiger partial charge in [-0.25, -0.2) is 4.98 Å². The number of methoxy groups -OCH3 is 1. The third-order valence-electron chi connectivity index (χ3n) is 5.76. The van der Waals surface area contributed by atoms with Crippen LogP contribution in [0.3, 0.4) is 0 Å². The minimum atomic E-state index is 0.194. The predicted molar refractivity (Wildman–Crippen MR) is 128 cm³/mol. The largest absolute Gasteiger partial charge is 0.495 e. The number of hydrogen-bond acceptors (Lipinski definition) is 8. The number of halogens is 1. The lowest BCUT2D eigenvalue weighted by Gasteiger charge is -2.34. The summed E-state index contributed by atoms with van der Waals surface area (Å²) in [5.41, 5.74) is 2.27. The third kappa shape index (κ3) is 4.72. The van der Waals surface area contributed by atoms with Crippen molar-refractivity contribution in [1.29, 1.82) is 0 Å². The number of rotatable bonds is 7. The molecule has 3 aromatic rings. The first kappa shape index (κ1) is 22.1. The Morgan fingerprint density at radius 2 is 1.97 bits per heavy atom. The number of hydrogen-bond donors (Lipinski definition) is 2. The maximum atomic E-state index is 9.18. The van der Waals surface area contributed by atoms with Crippen LogP contribution in [0.2, 0.25) is 5.02 Å². The monoisotopic (exact) mass is 461 g/mol. The number of piperazine rings is 1. The lowest BCUT2D eigenvalue weighted by molar-refractivity contribution is 0.188. The Labute approximate surface area is 191 Å².